The summed E-state index contributed by atoms with van der Waals surface area (Å²) in [6, 6.07) is 0. The van der Waals surface area contributed by atoms with Gasteiger partial charge in [0.1, 0.15) is 0 Å². The van der Waals surface area contributed by atoms with E-state index in [-0.39, 0.29) is 11.7 Å². The van der Waals surface area contributed by atoms with E-state index in [1.807, 2.05) is 0 Å². The number of allylic oxidation sites excluding steroid dienone is 1. The van der Waals surface area contributed by atoms with Gasteiger partial charge < -0.3 is 0 Å². The molecule has 0 unspecified atom stereocenters. The molecule has 1 aliphatic heterocycles. The molecule has 98 valence electrons. The van der Waals surface area contributed by atoms with Gasteiger partial charge in [-0.05, 0) is 18.9 Å². The molecule has 1 rings (SSSR count). The van der Waals surface area contributed by atoms with Gasteiger partial charge in [0.15, 0.2) is 5.78 Å². The molecule has 1 saturated heterocycles. The fourth-order valence-electron chi connectivity index (χ4n) is 1.67. The average molecular weight is 263 g/mol. The zero-order valence-electron chi connectivity index (χ0n) is 10.1. The minimum atomic E-state index is -3.48. The minimum absolute atomic E-state index is 0.0168. The monoisotopic (exact) mass is 263 g/mol. The predicted octanol–water partition coefficient (Wildman–Crippen LogP) is 1.79. The number of phosphoric ester groups is 1. The summed E-state index contributed by atoms with van der Waals surface area (Å²) in [5, 5.41) is 1.51. The Morgan fingerprint density at radius 1 is 1.35 bits per heavy atom. The highest BCUT2D eigenvalue weighted by Crippen LogP contribution is 2.48. The third kappa shape index (κ3) is 4.01. The molecule has 0 aromatic rings. The SMILES string of the molecule is C=CC(=O)C1CCN(OP(=O)(OC)OC)CC1. The van der Waals surface area contributed by atoms with E-state index in [4.69, 9.17) is 4.62 Å². The molecule has 1 fully saturated rings. The van der Waals surface area contributed by atoms with Crippen LogP contribution in [0.15, 0.2) is 12.7 Å². The van der Waals surface area contributed by atoms with Crippen LogP contribution in [0.25, 0.3) is 0 Å². The minimum Gasteiger partial charge on any atom is -0.295 e. The zero-order valence-corrected chi connectivity index (χ0v) is 11.0. The molecule has 1 aliphatic rings. The van der Waals surface area contributed by atoms with Crippen molar-refractivity contribution in [2.75, 3.05) is 27.3 Å². The zero-order chi connectivity index (χ0) is 12.9. The number of ketones is 1. The molecule has 0 aromatic carbocycles. The van der Waals surface area contributed by atoms with Crippen LogP contribution in [0, 0.1) is 5.92 Å². The Kier molecular flexibility index (Phi) is 5.49. The van der Waals surface area contributed by atoms with E-state index in [1.165, 1.54) is 25.4 Å². The van der Waals surface area contributed by atoms with Crippen molar-refractivity contribution in [1.29, 1.82) is 0 Å². The summed E-state index contributed by atoms with van der Waals surface area (Å²) in [5.74, 6) is 0.0307. The van der Waals surface area contributed by atoms with Crippen LogP contribution < -0.4 is 0 Å². The molecule has 0 radical (unpaired) electrons. The maximum atomic E-state index is 11.7. The second-order valence-corrected chi connectivity index (χ2v) is 5.49. The second kappa shape index (κ2) is 6.42. The lowest BCUT2D eigenvalue weighted by Gasteiger charge is -2.30. The summed E-state index contributed by atoms with van der Waals surface area (Å²) < 4.78 is 26.2. The molecule has 0 spiro atoms. The smallest absolute Gasteiger partial charge is 0.295 e. The summed E-state index contributed by atoms with van der Waals surface area (Å²) in [6.45, 7) is 4.49. The normalized spacial score (nSPS) is 19.2. The third-order valence-corrected chi connectivity index (χ3v) is 4.05. The molecule has 17 heavy (non-hydrogen) atoms. The Morgan fingerprint density at radius 2 is 1.88 bits per heavy atom. The predicted molar refractivity (Wildman–Crippen MR) is 62.2 cm³/mol. The van der Waals surface area contributed by atoms with Gasteiger partial charge >= 0.3 is 7.82 Å². The van der Waals surface area contributed by atoms with Crippen molar-refractivity contribution in [3.63, 3.8) is 0 Å². The molecular weight excluding hydrogens is 245 g/mol. The standard InChI is InChI=1S/C10H18NO5P/c1-4-10(12)9-5-7-11(8-6-9)16-17(13,14-2)15-3/h4,9H,1,5-8H2,2-3H3. The van der Waals surface area contributed by atoms with Crippen LogP contribution in [0.5, 0.6) is 0 Å². The molecule has 0 amide bonds. The van der Waals surface area contributed by atoms with Crippen molar-refractivity contribution in [2.24, 2.45) is 5.92 Å². The molecule has 0 atom stereocenters. The number of phosphoric acid groups is 1. The van der Waals surface area contributed by atoms with Crippen LogP contribution in [-0.2, 0) is 23.0 Å². The van der Waals surface area contributed by atoms with Gasteiger partial charge in [0.05, 0.1) is 0 Å². The second-order valence-electron chi connectivity index (χ2n) is 3.70. The van der Waals surface area contributed by atoms with Gasteiger partial charge in [-0.2, -0.15) is 9.69 Å². The number of rotatable bonds is 6. The largest absolute Gasteiger partial charge is 0.491 e. The average Bonchev–Trinajstić information content (AvgIpc) is 2.38. The van der Waals surface area contributed by atoms with Gasteiger partial charge in [-0.15, -0.1) is 0 Å². The van der Waals surface area contributed by atoms with Crippen LogP contribution in [0.2, 0.25) is 0 Å². The van der Waals surface area contributed by atoms with E-state index in [0.29, 0.717) is 25.9 Å². The van der Waals surface area contributed by atoms with E-state index in [2.05, 4.69) is 15.6 Å². The lowest BCUT2D eigenvalue weighted by Crippen LogP contribution is -2.35. The number of carbonyl (C=O) groups excluding carboxylic acids is 1. The summed E-state index contributed by atoms with van der Waals surface area (Å²) in [4.78, 5) is 11.4. The summed E-state index contributed by atoms with van der Waals surface area (Å²) in [6.07, 6.45) is 2.65. The number of piperidine rings is 1. The van der Waals surface area contributed by atoms with Crippen LogP contribution in [-0.4, -0.2) is 38.2 Å². The van der Waals surface area contributed by atoms with Gasteiger partial charge in [-0.3, -0.25) is 13.8 Å². The highest BCUT2D eigenvalue weighted by atomic mass is 31.2. The molecular formula is C10H18NO5P. The maximum Gasteiger partial charge on any atom is 0.491 e. The molecule has 0 N–H and O–H groups in total. The van der Waals surface area contributed by atoms with E-state index < -0.39 is 7.82 Å². The van der Waals surface area contributed by atoms with Gasteiger partial charge in [0, 0.05) is 33.2 Å². The highest BCUT2D eigenvalue weighted by molar-refractivity contribution is 7.48. The Hall–Kier alpha value is -0.520. The van der Waals surface area contributed by atoms with E-state index in [1.54, 1.807) is 0 Å². The van der Waals surface area contributed by atoms with Gasteiger partial charge in [0.2, 0.25) is 0 Å². The van der Waals surface area contributed by atoms with Crippen LogP contribution in [0.3, 0.4) is 0 Å². The van der Waals surface area contributed by atoms with Crippen molar-refractivity contribution in [2.45, 2.75) is 12.8 Å². The molecule has 0 aromatic heterocycles. The van der Waals surface area contributed by atoms with Crippen LogP contribution in [0.1, 0.15) is 12.8 Å². The Labute approximate surface area is 101 Å². The first kappa shape index (κ1) is 14.5. The fourth-order valence-corrected chi connectivity index (χ4v) is 2.40. The molecule has 6 nitrogen and oxygen atoms in total. The van der Waals surface area contributed by atoms with Crippen LogP contribution in [0.4, 0.5) is 0 Å². The summed E-state index contributed by atoms with van der Waals surface area (Å²) in [5.41, 5.74) is 0. The Morgan fingerprint density at radius 3 is 2.29 bits per heavy atom. The van der Waals surface area contributed by atoms with Crippen molar-refractivity contribution >= 4 is 13.6 Å². The molecule has 0 aliphatic carbocycles. The number of hydrogen-bond donors (Lipinski definition) is 0. The summed E-state index contributed by atoms with van der Waals surface area (Å²) >= 11 is 0. The van der Waals surface area contributed by atoms with Crippen molar-refractivity contribution in [1.82, 2.24) is 5.06 Å². The summed E-state index contributed by atoms with van der Waals surface area (Å²) in [7, 11) is -0.955. The van der Waals surface area contributed by atoms with E-state index in [0.717, 1.165) is 0 Å². The lowest BCUT2D eigenvalue weighted by atomic mass is 9.93. The quantitative estimate of drug-likeness (QED) is 0.537. The van der Waals surface area contributed by atoms with Gasteiger partial charge in [-0.1, -0.05) is 6.58 Å². The first-order valence-corrected chi connectivity index (χ1v) is 6.83. The molecule has 0 bridgehead atoms. The third-order valence-electron chi connectivity index (χ3n) is 2.72. The first-order chi connectivity index (χ1) is 8.04. The van der Waals surface area contributed by atoms with Gasteiger partial charge in [0.25, 0.3) is 0 Å². The van der Waals surface area contributed by atoms with Crippen molar-refractivity contribution in [3.8, 4) is 0 Å². The number of hydroxylamine groups is 2. The number of hydrogen-bond acceptors (Lipinski definition) is 6. The molecule has 7 heteroatoms. The Bertz CT molecular complexity index is 317. The van der Waals surface area contributed by atoms with E-state index in [9.17, 15) is 9.36 Å². The number of nitrogens with zero attached hydrogens (tertiary/aromatic N) is 1. The molecule has 1 heterocycles. The van der Waals surface area contributed by atoms with Gasteiger partial charge in [-0.25, -0.2) is 4.57 Å². The van der Waals surface area contributed by atoms with Crippen molar-refractivity contribution in [3.05, 3.63) is 12.7 Å². The van der Waals surface area contributed by atoms with E-state index >= 15 is 0 Å². The topological polar surface area (TPSA) is 65.1 Å². The fraction of sp³-hybridized carbons (Fsp3) is 0.700. The first-order valence-electron chi connectivity index (χ1n) is 5.37. The van der Waals surface area contributed by atoms with Crippen LogP contribution >= 0.6 is 7.82 Å². The highest BCUT2D eigenvalue weighted by Gasteiger charge is 2.31. The Balaban J connectivity index is 2.45. The molecule has 0 saturated carbocycles. The maximum absolute atomic E-state index is 11.7. The van der Waals surface area contributed by atoms with Crippen molar-refractivity contribution < 1.29 is 23.0 Å². The lowest BCUT2D eigenvalue weighted by molar-refractivity contribution is -0.128. The number of carbonyl (C=O) groups is 1.